The molecule has 2 amide bonds. The molecule has 0 bridgehead atoms. The molecule has 6 heteroatoms. The third-order valence-corrected chi connectivity index (χ3v) is 4.39. The van der Waals surface area contributed by atoms with Crippen molar-refractivity contribution in [1.82, 2.24) is 5.32 Å². The van der Waals surface area contributed by atoms with E-state index in [9.17, 15) is 14.7 Å². The van der Waals surface area contributed by atoms with Gasteiger partial charge in [0.1, 0.15) is 0 Å². The highest BCUT2D eigenvalue weighted by Gasteiger charge is 2.35. The fourth-order valence-corrected chi connectivity index (χ4v) is 3.05. The maximum Gasteiger partial charge on any atom is 0.313 e. The number of fused-ring (bicyclic) bond motifs is 1. The van der Waals surface area contributed by atoms with Crippen LogP contribution in [0.5, 0.6) is 0 Å². The fourth-order valence-electron chi connectivity index (χ4n) is 2.87. The van der Waals surface area contributed by atoms with Crippen molar-refractivity contribution < 1.29 is 14.7 Å². The Labute approximate surface area is 144 Å². The molecule has 0 fully saturated rings. The molecule has 1 aliphatic carbocycles. The number of carbonyl (C=O) groups excluding carboxylic acids is 2. The number of hydrogen-bond donors (Lipinski definition) is 3. The molecule has 5 nitrogen and oxygen atoms in total. The van der Waals surface area contributed by atoms with Crippen molar-refractivity contribution in [2.45, 2.75) is 18.4 Å². The zero-order valence-corrected chi connectivity index (χ0v) is 13.6. The summed E-state index contributed by atoms with van der Waals surface area (Å²) in [6.45, 7) is 0.0104. The first-order chi connectivity index (χ1) is 11.5. The normalized spacial score (nSPS) is 14.8. The van der Waals surface area contributed by atoms with Gasteiger partial charge in [-0.15, -0.1) is 0 Å². The van der Waals surface area contributed by atoms with Gasteiger partial charge in [-0.2, -0.15) is 0 Å². The molecular weight excluding hydrogens is 328 g/mol. The topological polar surface area (TPSA) is 78.4 Å². The van der Waals surface area contributed by atoms with E-state index in [1.54, 1.807) is 24.3 Å². The maximum absolute atomic E-state index is 12.0. The molecule has 124 valence electrons. The van der Waals surface area contributed by atoms with Crippen LogP contribution in [0.2, 0.25) is 5.02 Å². The molecule has 0 heterocycles. The van der Waals surface area contributed by atoms with Crippen molar-refractivity contribution in [3.63, 3.8) is 0 Å². The van der Waals surface area contributed by atoms with E-state index in [1.807, 2.05) is 24.3 Å². The van der Waals surface area contributed by atoms with Crippen LogP contribution in [0.25, 0.3) is 0 Å². The number of carbonyl (C=O) groups is 2. The summed E-state index contributed by atoms with van der Waals surface area (Å²) in [4.78, 5) is 23.9. The third kappa shape index (κ3) is 3.58. The van der Waals surface area contributed by atoms with E-state index in [-0.39, 0.29) is 6.54 Å². The van der Waals surface area contributed by atoms with Crippen LogP contribution in [0.3, 0.4) is 0 Å². The van der Waals surface area contributed by atoms with E-state index < -0.39 is 17.4 Å². The average molecular weight is 345 g/mol. The van der Waals surface area contributed by atoms with Gasteiger partial charge in [0.2, 0.25) is 0 Å². The fraction of sp³-hybridized carbons (Fsp3) is 0.222. The van der Waals surface area contributed by atoms with Crippen molar-refractivity contribution in [2.24, 2.45) is 0 Å². The molecule has 2 aromatic carbocycles. The lowest BCUT2D eigenvalue weighted by atomic mass is 10.0. The van der Waals surface area contributed by atoms with E-state index in [0.717, 1.165) is 11.1 Å². The number of amides is 2. The van der Waals surface area contributed by atoms with Gasteiger partial charge in [0, 0.05) is 19.4 Å². The average Bonchev–Trinajstić information content (AvgIpc) is 2.91. The Morgan fingerprint density at radius 1 is 1.00 bits per heavy atom. The molecule has 0 spiro atoms. The lowest BCUT2D eigenvalue weighted by molar-refractivity contribution is -0.136. The maximum atomic E-state index is 12.0. The Balaban J connectivity index is 1.56. The first-order valence-corrected chi connectivity index (χ1v) is 7.97. The molecule has 0 unspecified atom stereocenters. The van der Waals surface area contributed by atoms with Gasteiger partial charge in [0.05, 0.1) is 16.3 Å². The molecule has 0 saturated carbocycles. The van der Waals surface area contributed by atoms with Crippen LogP contribution in [0.1, 0.15) is 11.1 Å². The lowest BCUT2D eigenvalue weighted by Gasteiger charge is -2.22. The van der Waals surface area contributed by atoms with Crippen molar-refractivity contribution in [1.29, 1.82) is 0 Å². The van der Waals surface area contributed by atoms with Gasteiger partial charge < -0.3 is 15.7 Å². The number of benzene rings is 2. The second-order valence-corrected chi connectivity index (χ2v) is 6.37. The molecule has 0 aliphatic heterocycles. The van der Waals surface area contributed by atoms with E-state index in [4.69, 9.17) is 11.6 Å². The summed E-state index contributed by atoms with van der Waals surface area (Å²) in [7, 11) is 0. The van der Waals surface area contributed by atoms with Crippen molar-refractivity contribution in [3.05, 3.63) is 64.7 Å². The minimum Gasteiger partial charge on any atom is -0.387 e. The Kier molecular flexibility index (Phi) is 4.55. The number of aliphatic hydroxyl groups is 1. The SMILES string of the molecule is O=C(NCC1(O)Cc2ccccc2C1)C(=O)Nc1ccccc1Cl. The molecule has 0 saturated heterocycles. The second-order valence-electron chi connectivity index (χ2n) is 5.96. The molecule has 0 aromatic heterocycles. The summed E-state index contributed by atoms with van der Waals surface area (Å²) in [5.74, 6) is -1.62. The summed E-state index contributed by atoms with van der Waals surface area (Å²) in [5.41, 5.74) is 1.43. The van der Waals surface area contributed by atoms with E-state index in [1.165, 1.54) is 0 Å². The van der Waals surface area contributed by atoms with Crippen LogP contribution in [0.15, 0.2) is 48.5 Å². The summed E-state index contributed by atoms with van der Waals surface area (Å²) < 4.78 is 0. The zero-order valence-electron chi connectivity index (χ0n) is 12.9. The van der Waals surface area contributed by atoms with Gasteiger partial charge in [0.25, 0.3) is 0 Å². The van der Waals surface area contributed by atoms with Crippen LogP contribution in [-0.4, -0.2) is 29.1 Å². The summed E-state index contributed by atoms with van der Waals surface area (Å²) >= 11 is 5.94. The Morgan fingerprint density at radius 2 is 1.58 bits per heavy atom. The Morgan fingerprint density at radius 3 is 2.21 bits per heavy atom. The number of halogens is 1. The van der Waals surface area contributed by atoms with Crippen molar-refractivity contribution in [2.75, 3.05) is 11.9 Å². The number of nitrogens with one attached hydrogen (secondary N) is 2. The van der Waals surface area contributed by atoms with Gasteiger partial charge in [-0.05, 0) is 23.3 Å². The number of hydrogen-bond acceptors (Lipinski definition) is 3. The molecular formula is C18H17ClN2O3. The molecule has 1 aliphatic rings. The number of para-hydroxylation sites is 1. The highest BCUT2D eigenvalue weighted by Crippen LogP contribution is 2.29. The Bertz CT molecular complexity index is 766. The first-order valence-electron chi connectivity index (χ1n) is 7.60. The molecule has 0 atom stereocenters. The molecule has 2 aromatic rings. The molecule has 24 heavy (non-hydrogen) atoms. The molecule has 0 radical (unpaired) electrons. The van der Waals surface area contributed by atoms with Crippen molar-refractivity contribution in [3.8, 4) is 0 Å². The van der Waals surface area contributed by atoms with Gasteiger partial charge in [-0.3, -0.25) is 9.59 Å². The predicted octanol–water partition coefficient (Wildman–Crippen LogP) is 1.92. The smallest absolute Gasteiger partial charge is 0.313 e. The van der Waals surface area contributed by atoms with Gasteiger partial charge >= 0.3 is 11.8 Å². The summed E-state index contributed by atoms with van der Waals surface area (Å²) in [6, 6.07) is 14.4. The third-order valence-electron chi connectivity index (χ3n) is 4.06. The van der Waals surface area contributed by atoms with Gasteiger partial charge in [-0.1, -0.05) is 48.0 Å². The minimum absolute atomic E-state index is 0.0104. The second kappa shape index (κ2) is 6.63. The quantitative estimate of drug-likeness (QED) is 0.744. The summed E-state index contributed by atoms with van der Waals surface area (Å²) in [5, 5.41) is 15.9. The first kappa shape index (κ1) is 16.5. The summed E-state index contributed by atoms with van der Waals surface area (Å²) in [6.07, 6.45) is 0.908. The molecule has 3 N–H and O–H groups in total. The lowest BCUT2D eigenvalue weighted by Crippen LogP contribution is -2.46. The minimum atomic E-state index is -1.07. The van der Waals surface area contributed by atoms with Crippen LogP contribution in [-0.2, 0) is 22.4 Å². The Hall–Kier alpha value is -2.37. The van der Waals surface area contributed by atoms with Crippen LogP contribution in [0.4, 0.5) is 5.69 Å². The number of anilines is 1. The monoisotopic (exact) mass is 344 g/mol. The number of rotatable bonds is 3. The van der Waals surface area contributed by atoms with E-state index in [0.29, 0.717) is 23.6 Å². The predicted molar refractivity (Wildman–Crippen MR) is 91.9 cm³/mol. The van der Waals surface area contributed by atoms with Gasteiger partial charge in [0.15, 0.2) is 0 Å². The van der Waals surface area contributed by atoms with Crippen molar-refractivity contribution >= 4 is 29.1 Å². The standard InChI is InChI=1S/C18H17ClN2O3/c19-14-7-3-4-8-15(14)21-17(23)16(22)20-11-18(24)9-12-5-1-2-6-13(12)10-18/h1-8,24H,9-11H2,(H,20,22)(H,21,23). The van der Waals surface area contributed by atoms with Crippen LogP contribution in [0, 0.1) is 0 Å². The van der Waals surface area contributed by atoms with Crippen LogP contribution < -0.4 is 10.6 Å². The zero-order chi connectivity index (χ0) is 17.2. The highest BCUT2D eigenvalue weighted by atomic mass is 35.5. The largest absolute Gasteiger partial charge is 0.387 e. The van der Waals surface area contributed by atoms with Gasteiger partial charge in [-0.25, -0.2) is 0 Å². The van der Waals surface area contributed by atoms with E-state index >= 15 is 0 Å². The molecule has 3 rings (SSSR count). The van der Waals surface area contributed by atoms with E-state index in [2.05, 4.69) is 10.6 Å². The van der Waals surface area contributed by atoms with Crippen LogP contribution >= 0.6 is 11.6 Å². The highest BCUT2D eigenvalue weighted by molar-refractivity contribution is 6.41.